The number of carbonyl (C=O) groups excluding carboxylic acids is 1. The number of rotatable bonds is 3. The summed E-state index contributed by atoms with van der Waals surface area (Å²) in [5.74, 6) is -0.0699. The van der Waals surface area contributed by atoms with Crippen LogP contribution in [0.4, 0.5) is 0 Å². The molecule has 0 heterocycles. The number of ketones is 1. The molecule has 19 heavy (non-hydrogen) atoms. The molecule has 1 aromatic carbocycles. The number of carbonyl (C=O) groups is 1. The van der Waals surface area contributed by atoms with Crippen LogP contribution >= 0.6 is 0 Å². The third kappa shape index (κ3) is 2.70. The molecular formula is C17H20O2. The lowest BCUT2D eigenvalue weighted by Gasteiger charge is -2.38. The van der Waals surface area contributed by atoms with Crippen molar-refractivity contribution in [3.8, 4) is 0 Å². The standard InChI is InChI=1S/C17H20O2/c1-3-7-15(14-8-5-4-6-9-14)17(19)12-13(2)10-11-16(17)18/h4-9,13,15,19H,1,10-12H2,2H3/t13-,15+,17+/m0/s1. The summed E-state index contributed by atoms with van der Waals surface area (Å²) in [7, 11) is 0. The van der Waals surface area contributed by atoms with E-state index in [-0.39, 0.29) is 11.7 Å². The second-order valence-corrected chi connectivity index (χ2v) is 5.45. The van der Waals surface area contributed by atoms with E-state index in [9.17, 15) is 9.90 Å². The van der Waals surface area contributed by atoms with Gasteiger partial charge in [-0.3, -0.25) is 4.79 Å². The van der Waals surface area contributed by atoms with Crippen molar-refractivity contribution in [2.45, 2.75) is 37.7 Å². The molecule has 1 aromatic rings. The summed E-state index contributed by atoms with van der Waals surface area (Å²) in [6, 6.07) is 9.62. The minimum absolute atomic E-state index is 0.0639. The van der Waals surface area contributed by atoms with Crippen molar-refractivity contribution in [1.29, 1.82) is 0 Å². The Kier molecular flexibility index (Phi) is 4.04. The Balaban J connectivity index is 2.43. The Morgan fingerprint density at radius 2 is 2.16 bits per heavy atom. The highest BCUT2D eigenvalue weighted by atomic mass is 16.3. The highest BCUT2D eigenvalue weighted by molar-refractivity contribution is 5.89. The predicted molar refractivity (Wildman–Crippen MR) is 75.9 cm³/mol. The van der Waals surface area contributed by atoms with Gasteiger partial charge in [0, 0.05) is 12.3 Å². The van der Waals surface area contributed by atoms with E-state index < -0.39 is 5.60 Å². The van der Waals surface area contributed by atoms with Crippen LogP contribution in [0, 0.1) is 5.92 Å². The maximum Gasteiger partial charge on any atom is 0.165 e. The molecule has 0 aromatic heterocycles. The van der Waals surface area contributed by atoms with Crippen molar-refractivity contribution < 1.29 is 9.90 Å². The van der Waals surface area contributed by atoms with Crippen LogP contribution in [0.15, 0.2) is 48.7 Å². The Morgan fingerprint density at radius 3 is 2.79 bits per heavy atom. The summed E-state index contributed by atoms with van der Waals surface area (Å²) < 4.78 is 0. The smallest absolute Gasteiger partial charge is 0.165 e. The third-order valence-electron chi connectivity index (χ3n) is 3.96. The van der Waals surface area contributed by atoms with Gasteiger partial charge < -0.3 is 5.11 Å². The van der Waals surface area contributed by atoms with Crippen molar-refractivity contribution in [1.82, 2.24) is 0 Å². The zero-order valence-corrected chi connectivity index (χ0v) is 11.3. The summed E-state index contributed by atoms with van der Waals surface area (Å²) in [6.45, 7) is 5.67. The zero-order chi connectivity index (χ0) is 13.9. The van der Waals surface area contributed by atoms with Gasteiger partial charge in [0.25, 0.3) is 0 Å². The number of aliphatic hydroxyl groups is 1. The average molecular weight is 256 g/mol. The van der Waals surface area contributed by atoms with Crippen molar-refractivity contribution >= 4 is 5.78 Å². The first kappa shape index (κ1) is 13.8. The van der Waals surface area contributed by atoms with Crippen molar-refractivity contribution in [2.75, 3.05) is 0 Å². The maximum atomic E-state index is 12.2. The Hall–Kier alpha value is -1.63. The van der Waals surface area contributed by atoms with Gasteiger partial charge in [0.1, 0.15) is 5.60 Å². The lowest BCUT2D eigenvalue weighted by molar-refractivity contribution is -0.144. The molecule has 0 aliphatic heterocycles. The van der Waals surface area contributed by atoms with Crippen LogP contribution in [0.25, 0.3) is 0 Å². The zero-order valence-electron chi connectivity index (χ0n) is 11.3. The molecule has 1 aliphatic rings. The maximum absolute atomic E-state index is 12.2. The molecule has 1 N–H and O–H groups in total. The SMILES string of the molecule is C=C=C[C@H](c1ccccc1)[C@]1(O)C[C@@H](C)CCC1=O. The fourth-order valence-corrected chi connectivity index (χ4v) is 2.93. The molecule has 0 unspecified atom stereocenters. The first-order valence-electron chi connectivity index (χ1n) is 6.74. The Labute approximate surface area is 114 Å². The number of hydrogen-bond acceptors (Lipinski definition) is 2. The molecule has 1 fully saturated rings. The van der Waals surface area contributed by atoms with E-state index in [0.717, 1.165) is 12.0 Å². The molecular weight excluding hydrogens is 236 g/mol. The van der Waals surface area contributed by atoms with E-state index in [1.165, 1.54) is 0 Å². The summed E-state index contributed by atoms with van der Waals surface area (Å²) in [4.78, 5) is 12.2. The van der Waals surface area contributed by atoms with Gasteiger partial charge in [-0.2, -0.15) is 0 Å². The number of Topliss-reactive ketones (excluding diaryl/α,β-unsaturated/α-hetero) is 1. The molecule has 0 bridgehead atoms. The van der Waals surface area contributed by atoms with E-state index >= 15 is 0 Å². The van der Waals surface area contributed by atoms with E-state index in [1.807, 2.05) is 30.3 Å². The largest absolute Gasteiger partial charge is 0.381 e. The fourth-order valence-electron chi connectivity index (χ4n) is 2.93. The second-order valence-electron chi connectivity index (χ2n) is 5.45. The van der Waals surface area contributed by atoms with Crippen molar-refractivity contribution in [3.63, 3.8) is 0 Å². The lowest BCUT2D eigenvalue weighted by Crippen LogP contribution is -2.48. The highest BCUT2D eigenvalue weighted by Gasteiger charge is 2.46. The average Bonchev–Trinajstić information content (AvgIpc) is 2.41. The van der Waals surface area contributed by atoms with E-state index in [4.69, 9.17) is 0 Å². The molecule has 0 spiro atoms. The predicted octanol–water partition coefficient (Wildman–Crippen LogP) is 3.23. The van der Waals surface area contributed by atoms with Gasteiger partial charge in [0.05, 0.1) is 0 Å². The molecule has 2 heteroatoms. The van der Waals surface area contributed by atoms with Crippen molar-refractivity contribution in [2.24, 2.45) is 5.92 Å². The van der Waals surface area contributed by atoms with Gasteiger partial charge >= 0.3 is 0 Å². The quantitative estimate of drug-likeness (QED) is 0.843. The van der Waals surface area contributed by atoms with E-state index in [0.29, 0.717) is 18.8 Å². The molecule has 1 saturated carbocycles. The molecule has 3 atom stereocenters. The summed E-state index contributed by atoms with van der Waals surface area (Å²) in [5, 5.41) is 10.9. The summed E-state index contributed by atoms with van der Waals surface area (Å²) in [6.07, 6.45) is 3.53. The fraction of sp³-hybridized carbons (Fsp3) is 0.412. The topological polar surface area (TPSA) is 37.3 Å². The van der Waals surface area contributed by atoms with Crippen LogP contribution < -0.4 is 0 Å². The third-order valence-corrected chi connectivity index (χ3v) is 3.96. The van der Waals surface area contributed by atoms with E-state index in [1.54, 1.807) is 6.08 Å². The Morgan fingerprint density at radius 1 is 1.47 bits per heavy atom. The monoisotopic (exact) mass is 256 g/mol. The van der Waals surface area contributed by atoms with Crippen LogP contribution in [0.3, 0.4) is 0 Å². The van der Waals surface area contributed by atoms with Crippen LogP contribution in [-0.2, 0) is 4.79 Å². The van der Waals surface area contributed by atoms with Gasteiger partial charge in [0.15, 0.2) is 5.78 Å². The van der Waals surface area contributed by atoms with Gasteiger partial charge in [-0.25, -0.2) is 0 Å². The minimum atomic E-state index is -1.32. The van der Waals surface area contributed by atoms with E-state index in [2.05, 4.69) is 19.2 Å². The highest BCUT2D eigenvalue weighted by Crippen LogP contribution is 2.40. The number of benzene rings is 1. The van der Waals surface area contributed by atoms with Crippen LogP contribution in [0.2, 0.25) is 0 Å². The molecule has 100 valence electrons. The van der Waals surface area contributed by atoms with Gasteiger partial charge in [-0.1, -0.05) is 43.8 Å². The first-order chi connectivity index (χ1) is 9.08. The van der Waals surface area contributed by atoms with Crippen LogP contribution in [0.1, 0.15) is 37.7 Å². The molecule has 2 nitrogen and oxygen atoms in total. The van der Waals surface area contributed by atoms with Gasteiger partial charge in [-0.05, 0) is 30.4 Å². The number of hydrogen-bond donors (Lipinski definition) is 1. The summed E-state index contributed by atoms with van der Waals surface area (Å²) in [5.41, 5.74) is 2.36. The molecule has 0 amide bonds. The molecule has 0 saturated heterocycles. The first-order valence-corrected chi connectivity index (χ1v) is 6.74. The van der Waals surface area contributed by atoms with Gasteiger partial charge in [0.2, 0.25) is 0 Å². The normalized spacial score (nSPS) is 28.5. The van der Waals surface area contributed by atoms with Gasteiger partial charge in [-0.15, -0.1) is 5.73 Å². The molecule has 1 aliphatic carbocycles. The lowest BCUT2D eigenvalue weighted by atomic mass is 9.69. The molecule has 2 rings (SSSR count). The van der Waals surface area contributed by atoms with Crippen molar-refractivity contribution in [3.05, 3.63) is 54.3 Å². The molecule has 0 radical (unpaired) electrons. The minimum Gasteiger partial charge on any atom is -0.381 e. The summed E-state index contributed by atoms with van der Waals surface area (Å²) >= 11 is 0. The second kappa shape index (κ2) is 5.56. The Bertz CT molecular complexity index is 499. The van der Waals surface area contributed by atoms with Crippen LogP contribution in [0.5, 0.6) is 0 Å². The van der Waals surface area contributed by atoms with Crippen LogP contribution in [-0.4, -0.2) is 16.5 Å².